The van der Waals surface area contributed by atoms with Gasteiger partial charge >= 0.3 is 5.97 Å². The van der Waals surface area contributed by atoms with E-state index in [1.54, 1.807) is 54.6 Å². The van der Waals surface area contributed by atoms with Gasteiger partial charge in [0.15, 0.2) is 11.6 Å². The number of hydrogen-bond acceptors (Lipinski definition) is 10. The molecular formula is C26H27N7O5. The number of para-hydroxylation sites is 1. The molecule has 4 rings (SSSR count). The van der Waals surface area contributed by atoms with Crippen molar-refractivity contribution in [2.45, 2.75) is 0 Å². The van der Waals surface area contributed by atoms with Crippen LogP contribution < -0.4 is 21.1 Å². The highest BCUT2D eigenvalue weighted by Gasteiger charge is 2.17. The maximum atomic E-state index is 12.4. The molecule has 3 aromatic rings. The van der Waals surface area contributed by atoms with Gasteiger partial charge in [-0.3, -0.25) is 19.3 Å². The summed E-state index contributed by atoms with van der Waals surface area (Å²) in [7, 11) is 0. The molecule has 4 N–H and O–H groups in total. The maximum Gasteiger partial charge on any atom is 0.325 e. The Balaban J connectivity index is 1.32. The number of nitrogens with one attached hydrogen (secondary N) is 2. The number of benzene rings is 2. The smallest absolute Gasteiger partial charge is 0.325 e. The zero-order chi connectivity index (χ0) is 26.7. The monoisotopic (exact) mass is 517 g/mol. The standard InChI is InChI=1S/C26H27N7O5/c27-25-20(10-11-22(30-25)29-23(34)16-28-26(36)18-6-2-1-3-7-18)32-31-19-8-4-5-9-21(19)38-24(35)17-33-12-14-37-15-13-33/h1-11H,12-17H2,(H,28,36)(H3,27,29,30,34). The number of nitrogens with zero attached hydrogens (tertiary/aromatic N) is 4. The molecule has 1 fully saturated rings. The number of nitrogens with two attached hydrogens (primary N) is 1. The molecule has 0 atom stereocenters. The Bertz CT molecular complexity index is 1310. The Kier molecular flexibility index (Phi) is 9.05. The Labute approximate surface area is 218 Å². The van der Waals surface area contributed by atoms with Gasteiger partial charge in [-0.05, 0) is 36.4 Å². The van der Waals surface area contributed by atoms with Crippen molar-refractivity contribution in [3.63, 3.8) is 0 Å². The van der Waals surface area contributed by atoms with Crippen LogP contribution in [0, 0.1) is 0 Å². The summed E-state index contributed by atoms with van der Waals surface area (Å²) < 4.78 is 10.8. The number of azo groups is 1. The summed E-state index contributed by atoms with van der Waals surface area (Å²) in [6, 6.07) is 18.4. The van der Waals surface area contributed by atoms with Crippen LogP contribution in [0.25, 0.3) is 0 Å². The van der Waals surface area contributed by atoms with Crippen molar-refractivity contribution in [3.05, 3.63) is 72.3 Å². The average Bonchev–Trinajstić information content (AvgIpc) is 2.93. The number of esters is 1. The van der Waals surface area contributed by atoms with Gasteiger partial charge in [0.05, 0.1) is 26.3 Å². The zero-order valence-electron chi connectivity index (χ0n) is 20.5. The number of carbonyl (C=O) groups excluding carboxylic acids is 3. The third kappa shape index (κ3) is 7.66. The molecule has 12 heteroatoms. The zero-order valence-corrected chi connectivity index (χ0v) is 20.5. The van der Waals surface area contributed by atoms with E-state index in [1.807, 2.05) is 4.90 Å². The van der Waals surface area contributed by atoms with Gasteiger partial charge < -0.3 is 25.8 Å². The molecule has 0 radical (unpaired) electrons. The van der Waals surface area contributed by atoms with E-state index < -0.39 is 11.9 Å². The Morgan fingerprint density at radius 3 is 2.42 bits per heavy atom. The average molecular weight is 518 g/mol. The number of hydrogen-bond donors (Lipinski definition) is 3. The van der Waals surface area contributed by atoms with Gasteiger partial charge in [0.2, 0.25) is 5.91 Å². The lowest BCUT2D eigenvalue weighted by Gasteiger charge is -2.25. The second-order valence-corrected chi connectivity index (χ2v) is 8.23. The lowest BCUT2D eigenvalue weighted by molar-refractivity contribution is -0.136. The van der Waals surface area contributed by atoms with E-state index in [1.165, 1.54) is 12.1 Å². The highest BCUT2D eigenvalue weighted by Crippen LogP contribution is 2.30. The molecule has 0 aliphatic carbocycles. The summed E-state index contributed by atoms with van der Waals surface area (Å²) in [5.74, 6) is -0.753. The number of carbonyl (C=O) groups is 3. The molecule has 0 unspecified atom stereocenters. The van der Waals surface area contributed by atoms with Gasteiger partial charge in [0.1, 0.15) is 17.2 Å². The molecule has 2 aromatic carbocycles. The molecule has 0 spiro atoms. The second-order valence-electron chi connectivity index (χ2n) is 8.23. The molecule has 196 valence electrons. The van der Waals surface area contributed by atoms with Crippen LogP contribution in [0.15, 0.2) is 77.0 Å². The number of nitrogen functional groups attached to an aromatic ring is 1. The van der Waals surface area contributed by atoms with Crippen molar-refractivity contribution in [3.8, 4) is 5.75 Å². The minimum Gasteiger partial charge on any atom is -0.423 e. The van der Waals surface area contributed by atoms with Gasteiger partial charge in [0.25, 0.3) is 5.91 Å². The van der Waals surface area contributed by atoms with Crippen molar-refractivity contribution < 1.29 is 23.9 Å². The second kappa shape index (κ2) is 13.0. The lowest BCUT2D eigenvalue weighted by Crippen LogP contribution is -2.40. The summed E-state index contributed by atoms with van der Waals surface area (Å²) in [4.78, 5) is 42.7. The SMILES string of the molecule is Nc1nc(NC(=O)CNC(=O)c2ccccc2)ccc1N=Nc1ccccc1OC(=O)CN1CCOCC1. The Morgan fingerprint density at radius 1 is 0.947 bits per heavy atom. The number of aromatic nitrogens is 1. The molecular weight excluding hydrogens is 490 g/mol. The van der Waals surface area contributed by atoms with Crippen molar-refractivity contribution >= 4 is 40.8 Å². The summed E-state index contributed by atoms with van der Waals surface area (Å²) >= 11 is 0. The van der Waals surface area contributed by atoms with E-state index in [4.69, 9.17) is 15.2 Å². The van der Waals surface area contributed by atoms with Crippen LogP contribution in [0.2, 0.25) is 0 Å². The lowest BCUT2D eigenvalue weighted by atomic mass is 10.2. The largest absolute Gasteiger partial charge is 0.423 e. The van der Waals surface area contributed by atoms with E-state index in [0.717, 1.165) is 0 Å². The maximum absolute atomic E-state index is 12.4. The number of rotatable bonds is 9. The Hall–Kier alpha value is -4.68. The number of ether oxygens (including phenoxy) is 2. The Morgan fingerprint density at radius 2 is 1.66 bits per heavy atom. The molecule has 2 amide bonds. The van der Waals surface area contributed by atoms with Crippen molar-refractivity contribution in [2.75, 3.05) is 50.4 Å². The minimum absolute atomic E-state index is 0.0293. The van der Waals surface area contributed by atoms with Crippen molar-refractivity contribution in [1.82, 2.24) is 15.2 Å². The first-order valence-corrected chi connectivity index (χ1v) is 11.9. The van der Waals surface area contributed by atoms with Crippen LogP contribution in [-0.4, -0.2) is 67.1 Å². The minimum atomic E-state index is -0.469. The first-order valence-electron chi connectivity index (χ1n) is 11.9. The van der Waals surface area contributed by atoms with Gasteiger partial charge in [-0.25, -0.2) is 4.98 Å². The number of morpholine rings is 1. The van der Waals surface area contributed by atoms with Crippen LogP contribution in [0.3, 0.4) is 0 Å². The third-order valence-electron chi connectivity index (χ3n) is 5.43. The fourth-order valence-electron chi connectivity index (χ4n) is 3.49. The van der Waals surface area contributed by atoms with E-state index in [9.17, 15) is 14.4 Å². The predicted octanol–water partition coefficient (Wildman–Crippen LogP) is 2.69. The first-order chi connectivity index (χ1) is 18.5. The van der Waals surface area contributed by atoms with Crippen LogP contribution in [-0.2, 0) is 14.3 Å². The highest BCUT2D eigenvalue weighted by atomic mass is 16.5. The quantitative estimate of drug-likeness (QED) is 0.222. The molecule has 0 saturated carbocycles. The molecule has 1 aliphatic rings. The topological polar surface area (TPSA) is 161 Å². The van der Waals surface area contributed by atoms with E-state index in [0.29, 0.717) is 37.6 Å². The molecule has 1 aliphatic heterocycles. The predicted molar refractivity (Wildman–Crippen MR) is 140 cm³/mol. The fraction of sp³-hybridized carbons (Fsp3) is 0.231. The van der Waals surface area contributed by atoms with E-state index >= 15 is 0 Å². The summed E-state index contributed by atoms with van der Waals surface area (Å²) in [5.41, 5.74) is 7.05. The number of amides is 2. The van der Waals surface area contributed by atoms with Crippen molar-refractivity contribution in [1.29, 1.82) is 0 Å². The van der Waals surface area contributed by atoms with Crippen LogP contribution >= 0.6 is 0 Å². The third-order valence-corrected chi connectivity index (χ3v) is 5.43. The summed E-state index contributed by atoms with van der Waals surface area (Å²) in [5, 5.41) is 13.4. The fourth-order valence-corrected chi connectivity index (χ4v) is 3.49. The molecule has 1 saturated heterocycles. The van der Waals surface area contributed by atoms with Crippen LogP contribution in [0.4, 0.5) is 23.0 Å². The molecule has 2 heterocycles. The van der Waals surface area contributed by atoms with E-state index in [2.05, 4.69) is 25.8 Å². The highest BCUT2D eigenvalue weighted by molar-refractivity contribution is 5.99. The number of anilines is 2. The van der Waals surface area contributed by atoms with Crippen LogP contribution in [0.1, 0.15) is 10.4 Å². The molecule has 12 nitrogen and oxygen atoms in total. The van der Waals surface area contributed by atoms with Crippen molar-refractivity contribution in [2.24, 2.45) is 10.2 Å². The number of pyridine rings is 1. The van der Waals surface area contributed by atoms with Crippen LogP contribution in [0.5, 0.6) is 5.75 Å². The normalized spacial score (nSPS) is 13.7. The van der Waals surface area contributed by atoms with Gasteiger partial charge in [-0.2, -0.15) is 0 Å². The molecule has 0 bridgehead atoms. The van der Waals surface area contributed by atoms with E-state index in [-0.39, 0.29) is 42.1 Å². The molecule has 1 aromatic heterocycles. The summed E-state index contributed by atoms with van der Waals surface area (Å²) in [6.07, 6.45) is 0. The van der Waals surface area contributed by atoms with Gasteiger partial charge in [-0.1, -0.05) is 30.3 Å². The van der Waals surface area contributed by atoms with Gasteiger partial charge in [0, 0.05) is 18.7 Å². The molecule has 38 heavy (non-hydrogen) atoms. The first kappa shape index (κ1) is 26.4. The summed E-state index contributed by atoms with van der Waals surface area (Å²) in [6.45, 7) is 2.41. The van der Waals surface area contributed by atoms with Gasteiger partial charge in [-0.15, -0.1) is 10.2 Å².